The van der Waals surface area contributed by atoms with E-state index in [9.17, 15) is 22.8 Å². The molecule has 1 heterocycles. The lowest BCUT2D eigenvalue weighted by atomic mass is 9.83. The number of alkyl halides is 3. The summed E-state index contributed by atoms with van der Waals surface area (Å²) in [6.07, 6.45) is 0.0361. The van der Waals surface area contributed by atoms with E-state index in [-0.39, 0.29) is 35.4 Å². The number of carboxylic acids is 1. The summed E-state index contributed by atoms with van der Waals surface area (Å²) >= 11 is 0. The van der Waals surface area contributed by atoms with E-state index in [1.807, 2.05) is 0 Å². The maximum atomic E-state index is 15.5. The van der Waals surface area contributed by atoms with E-state index in [4.69, 9.17) is 5.11 Å². The molecule has 39 heavy (non-hydrogen) atoms. The molecule has 1 atom stereocenters. The lowest BCUT2D eigenvalue weighted by Gasteiger charge is -2.25. The van der Waals surface area contributed by atoms with Gasteiger partial charge in [-0.25, -0.2) is 8.78 Å². The van der Waals surface area contributed by atoms with E-state index in [1.165, 1.54) is 0 Å². The Morgan fingerprint density at radius 3 is 2.46 bits per heavy atom. The van der Waals surface area contributed by atoms with Gasteiger partial charge in [-0.3, -0.25) is 14.6 Å². The molecule has 1 fully saturated rings. The molecule has 0 bridgehead atoms. The number of carbonyl (C=O) groups is 2. The zero-order valence-corrected chi connectivity index (χ0v) is 21.1. The summed E-state index contributed by atoms with van der Waals surface area (Å²) in [7, 11) is 0. The zero-order valence-electron chi connectivity index (χ0n) is 21.1. The van der Waals surface area contributed by atoms with Gasteiger partial charge in [0.2, 0.25) is 5.91 Å². The van der Waals surface area contributed by atoms with E-state index in [2.05, 4.69) is 10.3 Å². The molecule has 1 aliphatic rings. The second-order valence-corrected chi connectivity index (χ2v) is 9.81. The minimum absolute atomic E-state index is 0.0822. The standard InChI is InChI=1S/C29H27F5N2O3/c1-16-17(9-10-26(37)38)7-4-8-25(16)36-28(39)27(18-5-2-3-6-18)22-13-23(30)21(12-24(22)31)19-11-20(15-35-14-19)29(32,33)34/h4,7-8,11-15,18,27H,2-3,5-6,9-10H2,1H3,(H,36,39)(H,37,38)/t27-/m1/s1. The summed E-state index contributed by atoms with van der Waals surface area (Å²) in [6.45, 7) is 1.75. The van der Waals surface area contributed by atoms with Crippen molar-refractivity contribution in [2.45, 2.75) is 57.5 Å². The molecule has 0 saturated heterocycles. The number of benzene rings is 2. The first kappa shape index (κ1) is 28.2. The molecule has 2 N–H and O–H groups in total. The Balaban J connectivity index is 1.68. The highest BCUT2D eigenvalue weighted by Crippen LogP contribution is 2.41. The fourth-order valence-electron chi connectivity index (χ4n) is 5.21. The fourth-order valence-corrected chi connectivity index (χ4v) is 5.21. The van der Waals surface area contributed by atoms with Crippen molar-refractivity contribution in [3.05, 3.63) is 82.7 Å². The molecule has 0 radical (unpaired) electrons. The van der Waals surface area contributed by atoms with Gasteiger partial charge in [0, 0.05) is 41.2 Å². The lowest BCUT2D eigenvalue weighted by Crippen LogP contribution is -2.28. The first-order valence-electron chi connectivity index (χ1n) is 12.6. The highest BCUT2D eigenvalue weighted by atomic mass is 19.4. The fraction of sp³-hybridized carbons (Fsp3) is 0.345. The van der Waals surface area contributed by atoms with Gasteiger partial charge in [0.25, 0.3) is 0 Å². The molecule has 2 aromatic carbocycles. The number of aromatic nitrogens is 1. The number of carbonyl (C=O) groups excluding carboxylic acids is 1. The highest BCUT2D eigenvalue weighted by molar-refractivity contribution is 5.97. The second kappa shape index (κ2) is 11.5. The number of nitrogens with zero attached hydrogens (tertiary/aromatic N) is 1. The Hall–Kier alpha value is -3.82. The summed E-state index contributed by atoms with van der Waals surface area (Å²) in [6, 6.07) is 7.51. The van der Waals surface area contributed by atoms with Crippen LogP contribution in [-0.4, -0.2) is 22.0 Å². The summed E-state index contributed by atoms with van der Waals surface area (Å²) < 4.78 is 70.2. The van der Waals surface area contributed by atoms with Crippen LogP contribution in [-0.2, 0) is 22.2 Å². The average Bonchev–Trinajstić information content (AvgIpc) is 3.40. The number of hydrogen-bond acceptors (Lipinski definition) is 3. The van der Waals surface area contributed by atoms with Gasteiger partial charge >= 0.3 is 12.1 Å². The Labute approximate surface area is 222 Å². The third kappa shape index (κ3) is 6.43. The minimum atomic E-state index is -4.70. The van der Waals surface area contributed by atoms with E-state index >= 15 is 8.78 Å². The Morgan fingerprint density at radius 2 is 1.79 bits per heavy atom. The number of pyridine rings is 1. The van der Waals surface area contributed by atoms with Crippen molar-refractivity contribution in [3.8, 4) is 11.1 Å². The zero-order chi connectivity index (χ0) is 28.3. The monoisotopic (exact) mass is 546 g/mol. The molecule has 0 aliphatic heterocycles. The van der Waals surface area contributed by atoms with E-state index in [0.717, 1.165) is 36.7 Å². The van der Waals surface area contributed by atoms with Gasteiger partial charge in [-0.15, -0.1) is 0 Å². The van der Waals surface area contributed by atoms with Gasteiger partial charge in [0.05, 0.1) is 11.5 Å². The van der Waals surface area contributed by atoms with Crippen LogP contribution in [0.5, 0.6) is 0 Å². The maximum Gasteiger partial charge on any atom is 0.417 e. The molecule has 10 heteroatoms. The number of anilines is 1. The molecule has 0 unspecified atom stereocenters. The minimum Gasteiger partial charge on any atom is -0.481 e. The molecule has 4 rings (SSSR count). The van der Waals surface area contributed by atoms with Crippen LogP contribution in [0.25, 0.3) is 11.1 Å². The summed E-state index contributed by atoms with van der Waals surface area (Å²) in [5.74, 6) is -4.63. The number of nitrogens with one attached hydrogen (secondary N) is 1. The number of carboxylic acid groups (broad SMARTS) is 1. The van der Waals surface area contributed by atoms with Crippen molar-refractivity contribution in [3.63, 3.8) is 0 Å². The van der Waals surface area contributed by atoms with E-state index in [0.29, 0.717) is 36.4 Å². The van der Waals surface area contributed by atoms with Crippen LogP contribution in [0.2, 0.25) is 0 Å². The largest absolute Gasteiger partial charge is 0.481 e. The van der Waals surface area contributed by atoms with Gasteiger partial charge in [-0.1, -0.05) is 25.0 Å². The normalized spacial score (nSPS) is 14.8. The molecule has 1 saturated carbocycles. The predicted octanol–water partition coefficient (Wildman–Crippen LogP) is 7.28. The smallest absolute Gasteiger partial charge is 0.417 e. The van der Waals surface area contributed by atoms with Crippen LogP contribution < -0.4 is 5.32 Å². The van der Waals surface area contributed by atoms with Gasteiger partial charge in [0.1, 0.15) is 11.6 Å². The molecular formula is C29H27F5N2O3. The Kier molecular flexibility index (Phi) is 8.32. The van der Waals surface area contributed by atoms with Crippen molar-refractivity contribution in [2.75, 3.05) is 5.32 Å². The number of hydrogen-bond donors (Lipinski definition) is 2. The van der Waals surface area contributed by atoms with Gasteiger partial charge in [-0.2, -0.15) is 13.2 Å². The van der Waals surface area contributed by atoms with Crippen molar-refractivity contribution in [1.82, 2.24) is 4.98 Å². The maximum absolute atomic E-state index is 15.5. The SMILES string of the molecule is Cc1c(CCC(=O)O)cccc1NC(=O)[C@@H](c1cc(F)c(-c2cncc(C(F)(F)F)c2)cc1F)C1CCCC1. The van der Waals surface area contributed by atoms with Crippen LogP contribution in [0.15, 0.2) is 48.8 Å². The highest BCUT2D eigenvalue weighted by Gasteiger charge is 2.35. The quantitative estimate of drug-likeness (QED) is 0.291. The third-order valence-electron chi connectivity index (χ3n) is 7.26. The summed E-state index contributed by atoms with van der Waals surface area (Å²) in [5.41, 5.74) is -0.0159. The number of amides is 1. The molecule has 3 aromatic rings. The van der Waals surface area contributed by atoms with Crippen molar-refractivity contribution in [2.24, 2.45) is 5.92 Å². The van der Waals surface area contributed by atoms with Gasteiger partial charge < -0.3 is 10.4 Å². The number of rotatable bonds is 8. The molecular weight excluding hydrogens is 519 g/mol. The van der Waals surface area contributed by atoms with Gasteiger partial charge in [-0.05, 0) is 67.5 Å². The number of halogens is 5. The second-order valence-electron chi connectivity index (χ2n) is 9.81. The summed E-state index contributed by atoms with van der Waals surface area (Å²) in [5, 5.41) is 11.8. The van der Waals surface area contributed by atoms with Crippen LogP contribution in [0.3, 0.4) is 0 Å². The molecule has 1 aromatic heterocycles. The number of aryl methyl sites for hydroxylation is 1. The van der Waals surface area contributed by atoms with Gasteiger partial charge in [0.15, 0.2) is 0 Å². The molecule has 206 valence electrons. The lowest BCUT2D eigenvalue weighted by molar-refractivity contribution is -0.138. The van der Waals surface area contributed by atoms with E-state index in [1.54, 1.807) is 25.1 Å². The first-order valence-corrected chi connectivity index (χ1v) is 12.6. The van der Waals surface area contributed by atoms with Crippen LogP contribution in [0.4, 0.5) is 27.6 Å². The molecule has 1 aliphatic carbocycles. The predicted molar refractivity (Wildman–Crippen MR) is 135 cm³/mol. The van der Waals surface area contributed by atoms with E-state index < -0.39 is 41.2 Å². The number of aliphatic carboxylic acids is 1. The molecule has 5 nitrogen and oxygen atoms in total. The van der Waals surface area contributed by atoms with Crippen LogP contribution in [0, 0.1) is 24.5 Å². The average molecular weight is 547 g/mol. The van der Waals surface area contributed by atoms with Crippen molar-refractivity contribution >= 4 is 17.6 Å². The molecule has 1 amide bonds. The van der Waals surface area contributed by atoms with Crippen molar-refractivity contribution in [1.29, 1.82) is 0 Å². The Bertz CT molecular complexity index is 1380. The topological polar surface area (TPSA) is 79.3 Å². The Morgan fingerprint density at radius 1 is 1.08 bits per heavy atom. The third-order valence-corrected chi connectivity index (χ3v) is 7.26. The van der Waals surface area contributed by atoms with Crippen LogP contribution >= 0.6 is 0 Å². The first-order chi connectivity index (χ1) is 18.5. The molecule has 0 spiro atoms. The van der Waals surface area contributed by atoms with Crippen LogP contribution in [0.1, 0.15) is 60.3 Å². The van der Waals surface area contributed by atoms with Crippen molar-refractivity contribution < 1.29 is 36.6 Å². The summed E-state index contributed by atoms with van der Waals surface area (Å²) in [4.78, 5) is 28.1.